The topological polar surface area (TPSA) is 32.7 Å². The average molecular weight is 736 g/mol. The molecule has 3 nitrogen and oxygen atoms in total. The summed E-state index contributed by atoms with van der Waals surface area (Å²) < 4.78 is 128. The van der Waals surface area contributed by atoms with Gasteiger partial charge in [-0.1, -0.05) is 90.5 Å². The zero-order valence-electron chi connectivity index (χ0n) is 25.8. The van der Waals surface area contributed by atoms with E-state index in [-0.39, 0.29) is 43.3 Å². The molecule has 264 valence electrons. The van der Waals surface area contributed by atoms with Gasteiger partial charge in [0.25, 0.3) is 5.60 Å². The quantitative estimate of drug-likeness (QED) is 0.0842. The second-order valence-electron chi connectivity index (χ2n) is 11.2. The molecule has 1 N–H and O–H groups in total. The van der Waals surface area contributed by atoms with Gasteiger partial charge in [0.05, 0.1) is 17.2 Å². The maximum absolute atomic E-state index is 13.6. The van der Waals surface area contributed by atoms with Crippen LogP contribution >= 0.6 is 23.4 Å². The number of hydrogen-bond acceptors (Lipinski definition) is 4. The molecule has 0 aliphatic rings. The first-order valence-electron chi connectivity index (χ1n) is 14.8. The van der Waals surface area contributed by atoms with Crippen LogP contribution in [0.1, 0.15) is 40.2 Å². The van der Waals surface area contributed by atoms with E-state index >= 15 is 0 Å². The van der Waals surface area contributed by atoms with Crippen molar-refractivity contribution < 1.29 is 49.4 Å². The molecule has 0 spiro atoms. The molecule has 0 radical (unpaired) electrons. The van der Waals surface area contributed by atoms with Gasteiger partial charge in [0.2, 0.25) is 0 Å². The Labute approximate surface area is 286 Å². The predicted octanol–water partition coefficient (Wildman–Crippen LogP) is 10.5. The fraction of sp³-hybridized carbons (Fsp3) is 0.314. The fourth-order valence-electron chi connectivity index (χ4n) is 5.43. The lowest BCUT2D eigenvalue weighted by atomic mass is 9.90. The number of aliphatic hydroxyl groups is 1. The maximum atomic E-state index is 13.6. The molecule has 0 fully saturated rings. The zero-order chi connectivity index (χ0) is 36.0. The summed E-state index contributed by atoms with van der Waals surface area (Å²) in [4.78, 5) is 1.43. The van der Waals surface area contributed by atoms with Crippen LogP contribution in [-0.4, -0.2) is 48.3 Å². The SMILES string of the molecule is CSc1cc(OCCCN(Cc2cccc(C(F)(F)F)c2Cl)CC(c2ccccc2)c2ccccc2)ccc1C(O)(C(F)(F)F)C(F)(F)F. The molecular formula is C35H31ClF9NO2S. The van der Waals surface area contributed by atoms with Gasteiger partial charge in [-0.3, -0.25) is 4.90 Å². The third kappa shape index (κ3) is 9.05. The molecule has 0 bridgehead atoms. The normalized spacial score (nSPS) is 12.9. The molecule has 14 heteroatoms. The number of alkyl halides is 9. The Bertz CT molecular complexity index is 1610. The Kier molecular flexibility index (Phi) is 12.3. The van der Waals surface area contributed by atoms with Gasteiger partial charge in [0, 0.05) is 36.0 Å². The van der Waals surface area contributed by atoms with E-state index in [4.69, 9.17) is 16.3 Å². The summed E-state index contributed by atoms with van der Waals surface area (Å²) in [7, 11) is 0. The lowest BCUT2D eigenvalue weighted by Gasteiger charge is -2.34. The molecule has 0 unspecified atom stereocenters. The first kappa shape index (κ1) is 38.4. The standard InChI is InChI=1S/C35H31ClF9NO2S/c1-49-30-20-26(16-17-28(30)32(47,34(40,41)42)35(43,44)45)48-19-9-18-46(21-25-14-8-15-29(31(25)36)33(37,38)39)22-27(23-10-4-2-5-11-23)24-12-6-3-7-13-24/h2-8,10-17,20,27,47H,9,18-19,21-22H2,1H3. The molecule has 0 saturated heterocycles. The van der Waals surface area contributed by atoms with Crippen molar-refractivity contribution in [2.75, 3.05) is 26.0 Å². The third-order valence-electron chi connectivity index (χ3n) is 7.89. The minimum atomic E-state index is -6.04. The van der Waals surface area contributed by atoms with Crippen LogP contribution < -0.4 is 4.74 Å². The van der Waals surface area contributed by atoms with Crippen LogP contribution in [-0.2, 0) is 18.3 Å². The minimum Gasteiger partial charge on any atom is -0.494 e. The van der Waals surface area contributed by atoms with E-state index in [0.29, 0.717) is 24.4 Å². The molecule has 4 rings (SSSR count). The molecule has 0 amide bonds. The number of hydrogen-bond donors (Lipinski definition) is 1. The van der Waals surface area contributed by atoms with Crippen LogP contribution in [0, 0.1) is 0 Å². The summed E-state index contributed by atoms with van der Waals surface area (Å²) in [6.45, 7) is 0.638. The van der Waals surface area contributed by atoms with Crippen molar-refractivity contribution in [1.29, 1.82) is 0 Å². The Morgan fingerprint density at radius 1 is 0.755 bits per heavy atom. The summed E-state index contributed by atoms with van der Waals surface area (Å²) in [6.07, 6.45) is -15.2. The van der Waals surface area contributed by atoms with Gasteiger partial charge in [-0.2, -0.15) is 39.5 Å². The molecule has 0 heterocycles. The van der Waals surface area contributed by atoms with E-state index in [1.54, 1.807) is 0 Å². The predicted molar refractivity (Wildman–Crippen MR) is 171 cm³/mol. The van der Waals surface area contributed by atoms with Gasteiger partial charge in [-0.25, -0.2) is 0 Å². The van der Waals surface area contributed by atoms with Crippen LogP contribution in [0.5, 0.6) is 5.75 Å². The highest BCUT2D eigenvalue weighted by Gasteiger charge is 2.72. The molecule has 4 aromatic rings. The zero-order valence-corrected chi connectivity index (χ0v) is 27.4. The van der Waals surface area contributed by atoms with E-state index in [2.05, 4.69) is 0 Å². The second kappa shape index (κ2) is 15.7. The summed E-state index contributed by atoms with van der Waals surface area (Å²) in [5.74, 6) is -0.218. The van der Waals surface area contributed by atoms with Crippen molar-refractivity contribution in [1.82, 2.24) is 4.90 Å². The van der Waals surface area contributed by atoms with Gasteiger partial charge in [-0.15, -0.1) is 11.8 Å². The number of halogens is 10. The molecule has 0 aliphatic heterocycles. The van der Waals surface area contributed by atoms with Crippen LogP contribution in [0.2, 0.25) is 5.02 Å². The van der Waals surface area contributed by atoms with E-state index in [9.17, 15) is 44.6 Å². The first-order chi connectivity index (χ1) is 23.0. The van der Waals surface area contributed by atoms with Gasteiger partial charge in [-0.05, 0) is 47.6 Å². The average Bonchev–Trinajstić information content (AvgIpc) is 3.05. The molecule has 0 atom stereocenters. The molecular weight excluding hydrogens is 705 g/mol. The lowest BCUT2D eigenvalue weighted by Crippen LogP contribution is -2.54. The van der Waals surface area contributed by atoms with Gasteiger partial charge in [0.1, 0.15) is 5.75 Å². The molecule has 4 aromatic carbocycles. The van der Waals surface area contributed by atoms with Crippen molar-refractivity contribution >= 4 is 23.4 Å². The van der Waals surface area contributed by atoms with E-state index in [1.807, 2.05) is 65.6 Å². The number of thioether (sulfide) groups is 1. The minimum absolute atomic E-state index is 0.0290. The van der Waals surface area contributed by atoms with Crippen molar-refractivity contribution in [3.63, 3.8) is 0 Å². The number of rotatable bonds is 13. The second-order valence-corrected chi connectivity index (χ2v) is 12.4. The number of nitrogens with zero attached hydrogens (tertiary/aromatic N) is 1. The smallest absolute Gasteiger partial charge is 0.430 e. The Morgan fingerprint density at radius 3 is 1.84 bits per heavy atom. The Morgan fingerprint density at radius 2 is 1.33 bits per heavy atom. The number of benzene rings is 4. The summed E-state index contributed by atoms with van der Waals surface area (Å²) in [5, 5.41) is 9.47. The monoisotopic (exact) mass is 735 g/mol. The maximum Gasteiger partial charge on any atom is 0.430 e. The van der Waals surface area contributed by atoms with Gasteiger partial charge >= 0.3 is 18.5 Å². The van der Waals surface area contributed by atoms with Gasteiger partial charge < -0.3 is 9.84 Å². The van der Waals surface area contributed by atoms with Crippen LogP contribution in [0.25, 0.3) is 0 Å². The fourth-order valence-corrected chi connectivity index (χ4v) is 6.40. The highest BCUT2D eigenvalue weighted by Crippen LogP contribution is 2.52. The van der Waals surface area contributed by atoms with Crippen molar-refractivity contribution in [2.24, 2.45) is 0 Å². The molecule has 0 aliphatic carbocycles. The van der Waals surface area contributed by atoms with Crippen molar-refractivity contribution in [2.45, 2.75) is 47.9 Å². The third-order valence-corrected chi connectivity index (χ3v) is 9.12. The summed E-state index contributed by atoms with van der Waals surface area (Å²) in [5.41, 5.74) is -5.24. The summed E-state index contributed by atoms with van der Waals surface area (Å²) >= 11 is 6.83. The molecule has 0 saturated carbocycles. The number of ether oxygens (including phenoxy) is 1. The van der Waals surface area contributed by atoms with Crippen LogP contribution in [0.4, 0.5) is 39.5 Å². The summed E-state index contributed by atoms with van der Waals surface area (Å²) in [6, 6.07) is 25.2. The van der Waals surface area contributed by atoms with E-state index in [0.717, 1.165) is 29.3 Å². The van der Waals surface area contributed by atoms with Crippen LogP contribution in [0.3, 0.4) is 0 Å². The molecule has 49 heavy (non-hydrogen) atoms. The Hall–Kier alpha value is -3.39. The highest BCUT2D eigenvalue weighted by molar-refractivity contribution is 7.98. The van der Waals surface area contributed by atoms with Crippen molar-refractivity contribution in [3.8, 4) is 5.75 Å². The highest BCUT2D eigenvalue weighted by atomic mass is 35.5. The first-order valence-corrected chi connectivity index (χ1v) is 16.4. The lowest BCUT2D eigenvalue weighted by molar-refractivity contribution is -0.377. The molecule has 0 aromatic heterocycles. The van der Waals surface area contributed by atoms with Crippen LogP contribution in [0.15, 0.2) is 102 Å². The largest absolute Gasteiger partial charge is 0.494 e. The Balaban J connectivity index is 1.58. The van der Waals surface area contributed by atoms with E-state index < -0.39 is 45.2 Å². The van der Waals surface area contributed by atoms with E-state index in [1.165, 1.54) is 18.4 Å². The van der Waals surface area contributed by atoms with Gasteiger partial charge in [0.15, 0.2) is 0 Å². The van der Waals surface area contributed by atoms with Crippen molar-refractivity contribution in [3.05, 3.63) is 130 Å².